The van der Waals surface area contributed by atoms with Crippen LogP contribution >= 0.6 is 0 Å². The summed E-state index contributed by atoms with van der Waals surface area (Å²) in [5.41, 5.74) is 7.99. The van der Waals surface area contributed by atoms with Gasteiger partial charge in [-0.15, -0.1) is 0 Å². The fourth-order valence-corrected chi connectivity index (χ4v) is 1.66. The van der Waals surface area contributed by atoms with E-state index in [9.17, 15) is 4.79 Å². The molecule has 18 heavy (non-hydrogen) atoms. The predicted octanol–water partition coefficient (Wildman–Crippen LogP) is 1.82. The van der Waals surface area contributed by atoms with Crippen LogP contribution in [0.25, 0.3) is 0 Å². The minimum absolute atomic E-state index is 0.0800. The second kappa shape index (κ2) is 5.42. The largest absolute Gasteiger partial charge is 0.326 e. The maximum atomic E-state index is 12.2. The Kier molecular flexibility index (Phi) is 3.69. The van der Waals surface area contributed by atoms with Gasteiger partial charge in [0, 0.05) is 31.7 Å². The lowest BCUT2D eigenvalue weighted by Crippen LogP contribution is -2.26. The van der Waals surface area contributed by atoms with Crippen molar-refractivity contribution in [3.8, 4) is 0 Å². The Morgan fingerprint density at radius 2 is 2.00 bits per heavy atom. The Labute approximate surface area is 106 Å². The van der Waals surface area contributed by atoms with Crippen LogP contribution in [-0.4, -0.2) is 17.9 Å². The van der Waals surface area contributed by atoms with Gasteiger partial charge in [0.2, 0.25) is 0 Å². The average Bonchev–Trinajstić information content (AvgIpc) is 2.47. The Balaban J connectivity index is 2.20. The highest BCUT2D eigenvalue weighted by molar-refractivity contribution is 6.05. The van der Waals surface area contributed by atoms with Gasteiger partial charge in [-0.2, -0.15) is 0 Å². The molecule has 1 aromatic carbocycles. The molecular formula is C14H15N3O. The zero-order valence-electron chi connectivity index (χ0n) is 10.2. The summed E-state index contributed by atoms with van der Waals surface area (Å²) in [6.07, 6.45) is 3.21. The molecule has 2 rings (SSSR count). The lowest BCUT2D eigenvalue weighted by molar-refractivity contribution is 0.0992. The first kappa shape index (κ1) is 12.3. The second-order valence-corrected chi connectivity index (χ2v) is 3.98. The van der Waals surface area contributed by atoms with Gasteiger partial charge in [-0.25, -0.2) is 0 Å². The molecule has 0 atom stereocenters. The van der Waals surface area contributed by atoms with Crippen molar-refractivity contribution in [3.05, 3.63) is 59.9 Å². The van der Waals surface area contributed by atoms with E-state index in [0.29, 0.717) is 12.1 Å². The Bertz CT molecular complexity index is 522. The van der Waals surface area contributed by atoms with Crippen LogP contribution < -0.4 is 10.6 Å². The third-order valence-corrected chi connectivity index (χ3v) is 2.77. The van der Waals surface area contributed by atoms with Crippen LogP contribution in [-0.2, 0) is 6.54 Å². The van der Waals surface area contributed by atoms with Gasteiger partial charge in [0.1, 0.15) is 0 Å². The molecule has 0 saturated heterocycles. The molecule has 1 amide bonds. The molecule has 0 spiro atoms. The van der Waals surface area contributed by atoms with E-state index in [1.54, 1.807) is 36.5 Å². The maximum absolute atomic E-state index is 12.2. The topological polar surface area (TPSA) is 59.2 Å². The predicted molar refractivity (Wildman–Crippen MR) is 71.3 cm³/mol. The quantitative estimate of drug-likeness (QED) is 0.891. The number of amides is 1. The number of pyridine rings is 1. The van der Waals surface area contributed by atoms with E-state index in [0.717, 1.165) is 11.3 Å². The highest BCUT2D eigenvalue weighted by atomic mass is 16.2. The SMILES string of the molecule is CN(C(=O)c1cccnc1)c1ccc(CN)cc1. The van der Waals surface area contributed by atoms with Crippen molar-refractivity contribution in [2.45, 2.75) is 6.54 Å². The lowest BCUT2D eigenvalue weighted by atomic mass is 10.2. The van der Waals surface area contributed by atoms with Crippen molar-refractivity contribution >= 4 is 11.6 Å². The average molecular weight is 241 g/mol. The van der Waals surface area contributed by atoms with E-state index >= 15 is 0 Å². The first-order valence-corrected chi connectivity index (χ1v) is 5.69. The number of nitrogens with zero attached hydrogens (tertiary/aromatic N) is 2. The van der Waals surface area contributed by atoms with E-state index in [1.165, 1.54) is 0 Å². The van der Waals surface area contributed by atoms with Crippen molar-refractivity contribution in [1.82, 2.24) is 4.98 Å². The summed E-state index contributed by atoms with van der Waals surface area (Å²) in [6, 6.07) is 11.1. The molecule has 4 nitrogen and oxygen atoms in total. The number of aromatic nitrogens is 1. The van der Waals surface area contributed by atoms with Crippen molar-refractivity contribution in [2.75, 3.05) is 11.9 Å². The first-order chi connectivity index (χ1) is 8.72. The van der Waals surface area contributed by atoms with Crippen molar-refractivity contribution in [1.29, 1.82) is 0 Å². The summed E-state index contributed by atoms with van der Waals surface area (Å²) in [5, 5.41) is 0. The summed E-state index contributed by atoms with van der Waals surface area (Å²) in [5.74, 6) is -0.0800. The minimum atomic E-state index is -0.0800. The molecule has 0 aliphatic heterocycles. The number of benzene rings is 1. The van der Waals surface area contributed by atoms with E-state index in [2.05, 4.69) is 4.98 Å². The molecule has 0 aliphatic carbocycles. The molecule has 0 aliphatic rings. The summed E-state index contributed by atoms with van der Waals surface area (Å²) in [6.45, 7) is 0.501. The molecule has 0 radical (unpaired) electrons. The van der Waals surface area contributed by atoms with Gasteiger partial charge in [0.25, 0.3) is 5.91 Å². The van der Waals surface area contributed by atoms with Crippen LogP contribution in [0.3, 0.4) is 0 Å². The van der Waals surface area contributed by atoms with Crippen molar-refractivity contribution in [3.63, 3.8) is 0 Å². The van der Waals surface area contributed by atoms with Gasteiger partial charge in [-0.3, -0.25) is 9.78 Å². The monoisotopic (exact) mass is 241 g/mol. The molecular weight excluding hydrogens is 226 g/mol. The Morgan fingerprint density at radius 1 is 1.28 bits per heavy atom. The fraction of sp³-hybridized carbons (Fsp3) is 0.143. The van der Waals surface area contributed by atoms with Crippen molar-refractivity contribution < 1.29 is 4.79 Å². The molecule has 4 heteroatoms. The van der Waals surface area contributed by atoms with E-state index in [-0.39, 0.29) is 5.91 Å². The van der Waals surface area contributed by atoms with Crippen LogP contribution in [0, 0.1) is 0 Å². The Hall–Kier alpha value is -2.20. The van der Waals surface area contributed by atoms with Crippen LogP contribution in [0.15, 0.2) is 48.8 Å². The van der Waals surface area contributed by atoms with Crippen LogP contribution in [0.2, 0.25) is 0 Å². The summed E-state index contributed by atoms with van der Waals surface area (Å²) in [7, 11) is 1.74. The smallest absolute Gasteiger partial charge is 0.259 e. The first-order valence-electron chi connectivity index (χ1n) is 5.69. The molecule has 0 unspecified atom stereocenters. The molecule has 0 fully saturated rings. The maximum Gasteiger partial charge on any atom is 0.259 e. The van der Waals surface area contributed by atoms with Gasteiger partial charge >= 0.3 is 0 Å². The van der Waals surface area contributed by atoms with Gasteiger partial charge in [-0.05, 0) is 29.8 Å². The number of nitrogens with two attached hydrogens (primary N) is 1. The standard InChI is InChI=1S/C14H15N3O/c1-17(13-6-4-11(9-15)5-7-13)14(18)12-3-2-8-16-10-12/h2-8,10H,9,15H2,1H3. The van der Waals surface area contributed by atoms with Gasteiger partial charge < -0.3 is 10.6 Å². The molecule has 0 saturated carbocycles. The summed E-state index contributed by atoms with van der Waals surface area (Å²) >= 11 is 0. The van der Waals surface area contributed by atoms with Gasteiger partial charge in [-0.1, -0.05) is 12.1 Å². The molecule has 2 aromatic rings. The van der Waals surface area contributed by atoms with Gasteiger partial charge in [0.15, 0.2) is 0 Å². The van der Waals surface area contributed by atoms with Crippen LogP contribution in [0.4, 0.5) is 5.69 Å². The van der Waals surface area contributed by atoms with Gasteiger partial charge in [0.05, 0.1) is 5.56 Å². The number of anilines is 1. The zero-order valence-corrected chi connectivity index (χ0v) is 10.2. The number of rotatable bonds is 3. The lowest BCUT2D eigenvalue weighted by Gasteiger charge is -2.17. The summed E-state index contributed by atoms with van der Waals surface area (Å²) in [4.78, 5) is 17.7. The number of carbonyl (C=O) groups excluding carboxylic acids is 1. The van der Waals surface area contributed by atoms with Crippen LogP contribution in [0.1, 0.15) is 15.9 Å². The molecule has 0 bridgehead atoms. The fourth-order valence-electron chi connectivity index (χ4n) is 1.66. The van der Waals surface area contributed by atoms with Crippen molar-refractivity contribution in [2.24, 2.45) is 5.73 Å². The van der Waals surface area contributed by atoms with E-state index < -0.39 is 0 Å². The molecule has 1 heterocycles. The van der Waals surface area contributed by atoms with Crippen LogP contribution in [0.5, 0.6) is 0 Å². The highest BCUT2D eigenvalue weighted by Gasteiger charge is 2.12. The third kappa shape index (κ3) is 2.55. The molecule has 2 N–H and O–H groups in total. The number of hydrogen-bond donors (Lipinski definition) is 1. The second-order valence-electron chi connectivity index (χ2n) is 3.98. The number of carbonyl (C=O) groups is 1. The normalized spacial score (nSPS) is 10.1. The molecule has 1 aromatic heterocycles. The number of hydrogen-bond acceptors (Lipinski definition) is 3. The zero-order chi connectivity index (χ0) is 13.0. The van der Waals surface area contributed by atoms with E-state index in [4.69, 9.17) is 5.73 Å². The van der Waals surface area contributed by atoms with E-state index in [1.807, 2.05) is 24.3 Å². The molecule has 92 valence electrons. The summed E-state index contributed by atoms with van der Waals surface area (Å²) < 4.78 is 0. The Morgan fingerprint density at radius 3 is 2.56 bits per heavy atom. The minimum Gasteiger partial charge on any atom is -0.326 e. The third-order valence-electron chi connectivity index (χ3n) is 2.77. The highest BCUT2D eigenvalue weighted by Crippen LogP contribution is 2.16.